The topological polar surface area (TPSA) is 96.0 Å². The van der Waals surface area contributed by atoms with Crippen molar-refractivity contribution in [3.05, 3.63) is 58.1 Å². The second-order valence-electron chi connectivity index (χ2n) is 9.46. The maximum absolute atomic E-state index is 13.5. The number of carbonyl (C=O) groups excluding carboxylic acids is 2. The predicted molar refractivity (Wildman–Crippen MR) is 153 cm³/mol. The van der Waals surface area contributed by atoms with Gasteiger partial charge in [-0.3, -0.25) is 13.9 Å². The molecule has 1 N–H and O–H groups in total. The molecule has 0 aliphatic heterocycles. The number of nitrogens with one attached hydrogen (secondary N) is 1. The van der Waals surface area contributed by atoms with Crippen molar-refractivity contribution in [1.82, 2.24) is 10.2 Å². The van der Waals surface area contributed by atoms with E-state index in [1.54, 1.807) is 42.5 Å². The van der Waals surface area contributed by atoms with Gasteiger partial charge in [0.05, 0.1) is 19.1 Å². The van der Waals surface area contributed by atoms with Gasteiger partial charge in [0, 0.05) is 42.2 Å². The number of anilines is 1. The zero-order valence-electron chi connectivity index (χ0n) is 22.5. The lowest BCUT2D eigenvalue weighted by molar-refractivity contribution is -0.141. The number of methoxy groups -OCH3 is 1. The van der Waals surface area contributed by atoms with E-state index in [0.717, 1.165) is 6.26 Å². The lowest BCUT2D eigenvalue weighted by Crippen LogP contribution is -2.49. The lowest BCUT2D eigenvalue weighted by Gasteiger charge is -2.31. The Bertz CT molecular complexity index is 1210. The molecule has 11 heteroatoms. The summed E-state index contributed by atoms with van der Waals surface area (Å²) in [4.78, 5) is 28.1. The average molecular weight is 587 g/mol. The first-order valence-electron chi connectivity index (χ1n) is 12.5. The van der Waals surface area contributed by atoms with Crippen LogP contribution < -0.4 is 14.4 Å². The number of amides is 2. The van der Waals surface area contributed by atoms with Gasteiger partial charge in [-0.15, -0.1) is 0 Å². The highest BCUT2D eigenvalue weighted by atomic mass is 35.5. The number of carbonyl (C=O) groups is 2. The van der Waals surface area contributed by atoms with Gasteiger partial charge in [0.25, 0.3) is 0 Å². The molecule has 1 atom stereocenters. The molecule has 0 fully saturated rings. The van der Waals surface area contributed by atoms with Gasteiger partial charge in [-0.1, -0.05) is 56.1 Å². The zero-order chi connectivity index (χ0) is 28.5. The number of nitrogens with zero attached hydrogens (tertiary/aromatic N) is 2. The van der Waals surface area contributed by atoms with Crippen molar-refractivity contribution in [3.63, 3.8) is 0 Å². The van der Waals surface area contributed by atoms with Gasteiger partial charge in [-0.25, -0.2) is 8.42 Å². The van der Waals surface area contributed by atoms with E-state index in [2.05, 4.69) is 5.32 Å². The summed E-state index contributed by atoms with van der Waals surface area (Å²) >= 11 is 12.4. The van der Waals surface area contributed by atoms with Crippen LogP contribution in [0, 0.1) is 5.92 Å². The van der Waals surface area contributed by atoms with Gasteiger partial charge in [0.1, 0.15) is 11.8 Å². The Morgan fingerprint density at radius 1 is 1.11 bits per heavy atom. The number of hydrogen-bond acceptors (Lipinski definition) is 5. The average Bonchev–Trinajstić information content (AvgIpc) is 2.85. The highest BCUT2D eigenvalue weighted by Crippen LogP contribution is 2.26. The van der Waals surface area contributed by atoms with Gasteiger partial charge < -0.3 is 15.0 Å². The molecular formula is C27H37Cl2N3O5S. The van der Waals surface area contributed by atoms with Crippen molar-refractivity contribution in [3.8, 4) is 5.75 Å². The molecule has 2 amide bonds. The molecule has 0 radical (unpaired) electrons. The largest absolute Gasteiger partial charge is 0.497 e. The van der Waals surface area contributed by atoms with Crippen LogP contribution in [0.25, 0.3) is 0 Å². The van der Waals surface area contributed by atoms with E-state index >= 15 is 0 Å². The van der Waals surface area contributed by atoms with E-state index in [9.17, 15) is 18.0 Å². The van der Waals surface area contributed by atoms with Gasteiger partial charge in [0.15, 0.2) is 0 Å². The molecule has 2 aromatic carbocycles. The SMILES string of the molecule is CC[C@@H](C(=O)NCC(C)C)N(Cc1ccc(Cl)cc1Cl)C(=O)CCCN(c1cccc(OC)c1)S(C)(=O)=O. The minimum atomic E-state index is -3.61. The summed E-state index contributed by atoms with van der Waals surface area (Å²) in [6.07, 6.45) is 1.81. The fourth-order valence-electron chi connectivity index (χ4n) is 3.94. The molecule has 0 saturated carbocycles. The molecule has 0 saturated heterocycles. The Labute approximate surface area is 236 Å². The van der Waals surface area contributed by atoms with Crippen LogP contribution in [0.1, 0.15) is 45.6 Å². The first kappa shape index (κ1) is 31.7. The Kier molecular flexibility index (Phi) is 12.2. The summed E-state index contributed by atoms with van der Waals surface area (Å²) in [6.45, 7) is 6.53. The highest BCUT2D eigenvalue weighted by molar-refractivity contribution is 7.92. The number of hydrogen-bond donors (Lipinski definition) is 1. The molecule has 38 heavy (non-hydrogen) atoms. The number of halogens is 2. The molecule has 2 rings (SSSR count). The van der Waals surface area contributed by atoms with E-state index in [1.807, 2.05) is 20.8 Å². The van der Waals surface area contributed by atoms with Crippen molar-refractivity contribution in [2.45, 2.75) is 52.6 Å². The fourth-order valence-corrected chi connectivity index (χ4v) is 5.37. The third kappa shape index (κ3) is 9.36. The Balaban J connectivity index is 2.26. The van der Waals surface area contributed by atoms with Crippen molar-refractivity contribution in [1.29, 1.82) is 0 Å². The third-order valence-electron chi connectivity index (χ3n) is 5.92. The smallest absolute Gasteiger partial charge is 0.242 e. The van der Waals surface area contributed by atoms with Crippen molar-refractivity contribution in [2.24, 2.45) is 5.92 Å². The number of ether oxygens (including phenoxy) is 1. The highest BCUT2D eigenvalue weighted by Gasteiger charge is 2.29. The van der Waals surface area contributed by atoms with Crippen LogP contribution in [-0.2, 0) is 26.2 Å². The number of sulfonamides is 1. The molecule has 0 spiro atoms. The first-order chi connectivity index (χ1) is 17.9. The Hall–Kier alpha value is -2.49. The third-order valence-corrected chi connectivity index (χ3v) is 7.70. The van der Waals surface area contributed by atoms with Crippen molar-refractivity contribution in [2.75, 3.05) is 30.8 Å². The van der Waals surface area contributed by atoms with Crippen molar-refractivity contribution < 1.29 is 22.7 Å². The zero-order valence-corrected chi connectivity index (χ0v) is 24.9. The fraction of sp³-hybridized carbons (Fsp3) is 0.481. The minimum absolute atomic E-state index is 0.0369. The van der Waals surface area contributed by atoms with E-state index < -0.39 is 16.1 Å². The maximum atomic E-state index is 13.5. The van der Waals surface area contributed by atoms with E-state index in [1.165, 1.54) is 16.3 Å². The maximum Gasteiger partial charge on any atom is 0.242 e. The van der Waals surface area contributed by atoms with Crippen LogP contribution in [-0.4, -0.2) is 57.6 Å². The van der Waals surface area contributed by atoms with Gasteiger partial charge >= 0.3 is 0 Å². The lowest BCUT2D eigenvalue weighted by atomic mass is 10.1. The molecule has 2 aromatic rings. The summed E-state index contributed by atoms with van der Waals surface area (Å²) in [5.41, 5.74) is 1.11. The second kappa shape index (κ2) is 14.6. The first-order valence-corrected chi connectivity index (χ1v) is 15.1. The molecule has 8 nitrogen and oxygen atoms in total. The van der Waals surface area contributed by atoms with Crippen LogP contribution in [0.4, 0.5) is 5.69 Å². The van der Waals surface area contributed by atoms with E-state index in [-0.39, 0.29) is 43.7 Å². The minimum Gasteiger partial charge on any atom is -0.497 e. The predicted octanol–water partition coefficient (Wildman–Crippen LogP) is 5.13. The van der Waals surface area contributed by atoms with Crippen molar-refractivity contribution >= 4 is 50.7 Å². The summed E-state index contributed by atoms with van der Waals surface area (Å²) in [5, 5.41) is 3.78. The van der Waals surface area contributed by atoms with Gasteiger partial charge in [0.2, 0.25) is 21.8 Å². The van der Waals surface area contributed by atoms with Crippen LogP contribution in [0.15, 0.2) is 42.5 Å². The van der Waals surface area contributed by atoms with Gasteiger partial charge in [-0.05, 0) is 48.6 Å². The molecule has 0 aliphatic rings. The molecule has 0 aromatic heterocycles. The molecule has 0 aliphatic carbocycles. The van der Waals surface area contributed by atoms with Crippen LogP contribution in [0.5, 0.6) is 5.75 Å². The number of benzene rings is 2. The van der Waals surface area contributed by atoms with E-state index in [4.69, 9.17) is 27.9 Å². The van der Waals surface area contributed by atoms with Crippen LogP contribution in [0.2, 0.25) is 10.0 Å². The molecular weight excluding hydrogens is 549 g/mol. The van der Waals surface area contributed by atoms with E-state index in [0.29, 0.717) is 40.0 Å². The summed E-state index contributed by atoms with van der Waals surface area (Å²) < 4.78 is 31.5. The summed E-state index contributed by atoms with van der Waals surface area (Å²) in [7, 11) is -2.11. The standard InChI is InChI=1S/C27H37Cl2N3O5S/c1-6-25(27(34)30-17-19(2)3)31(18-20-12-13-21(28)15-24(20)29)26(33)11-8-14-32(38(5,35)36)22-9-7-10-23(16-22)37-4/h7,9-10,12-13,15-16,19,25H,6,8,11,14,17-18H2,1-5H3,(H,30,34)/t25-/m0/s1. The molecule has 0 bridgehead atoms. The quantitative estimate of drug-likeness (QED) is 0.331. The summed E-state index contributed by atoms with van der Waals surface area (Å²) in [6, 6.07) is 11.0. The molecule has 210 valence electrons. The monoisotopic (exact) mass is 585 g/mol. The summed E-state index contributed by atoms with van der Waals surface area (Å²) in [5.74, 6) is 0.261. The second-order valence-corrected chi connectivity index (χ2v) is 12.2. The Morgan fingerprint density at radius 2 is 1.82 bits per heavy atom. The van der Waals surface area contributed by atoms with Crippen LogP contribution >= 0.6 is 23.2 Å². The Morgan fingerprint density at radius 3 is 2.39 bits per heavy atom. The normalized spacial score (nSPS) is 12.2. The molecule has 0 unspecified atom stereocenters. The van der Waals surface area contributed by atoms with Crippen LogP contribution in [0.3, 0.4) is 0 Å². The number of rotatable bonds is 14. The van der Waals surface area contributed by atoms with Gasteiger partial charge in [-0.2, -0.15) is 0 Å². The molecule has 0 heterocycles.